The highest BCUT2D eigenvalue weighted by Gasteiger charge is 2.48. The van der Waals surface area contributed by atoms with Crippen LogP contribution in [-0.4, -0.2) is 47.3 Å². The molecule has 8 heteroatoms. The largest absolute Gasteiger partial charge is 0.456 e. The van der Waals surface area contributed by atoms with Gasteiger partial charge in [-0.1, -0.05) is 12.8 Å². The highest BCUT2D eigenvalue weighted by Crippen LogP contribution is 2.37. The number of nitrogens with zero attached hydrogens (tertiary/aromatic N) is 2. The first kappa shape index (κ1) is 17.8. The maximum absolute atomic E-state index is 12.2. The van der Waals surface area contributed by atoms with E-state index in [1.165, 1.54) is 6.92 Å². The van der Waals surface area contributed by atoms with Crippen LogP contribution in [0.3, 0.4) is 0 Å². The maximum atomic E-state index is 12.2. The summed E-state index contributed by atoms with van der Waals surface area (Å²) in [5, 5.41) is 16.1. The van der Waals surface area contributed by atoms with E-state index >= 15 is 0 Å². The normalized spacial score (nSPS) is 24.1. The Morgan fingerprint density at radius 1 is 1.29 bits per heavy atom. The summed E-state index contributed by atoms with van der Waals surface area (Å²) in [5.74, 6) is -4.21. The van der Waals surface area contributed by atoms with Gasteiger partial charge < -0.3 is 10.1 Å². The van der Waals surface area contributed by atoms with Crippen LogP contribution in [0.25, 0.3) is 0 Å². The second-order valence-corrected chi connectivity index (χ2v) is 6.13. The van der Waals surface area contributed by atoms with Gasteiger partial charge in [0.2, 0.25) is 11.8 Å². The van der Waals surface area contributed by atoms with Crippen LogP contribution in [-0.2, 0) is 23.9 Å². The molecule has 1 heterocycles. The number of carbonyl (C=O) groups excluding carboxylic acids is 4. The molecule has 1 saturated carbocycles. The Bertz CT molecular complexity index is 612. The molecule has 24 heavy (non-hydrogen) atoms. The zero-order chi connectivity index (χ0) is 17.9. The standard InChI is InChI=1S/C16H19N3O5/c1-9(18)12(6-17)13(20)8-24-14(21)7-19-15(22)10-4-2-3-5-11(10)16(19)23/h10-12,18H,2-5,7-8H2,1H3/t10-,11-,12?/m1/s1. The van der Waals surface area contributed by atoms with Gasteiger partial charge in [0.05, 0.1) is 17.9 Å². The fourth-order valence-electron chi connectivity index (χ4n) is 3.21. The van der Waals surface area contributed by atoms with E-state index < -0.39 is 30.8 Å². The van der Waals surface area contributed by atoms with Crippen molar-refractivity contribution in [2.75, 3.05) is 13.2 Å². The average molecular weight is 333 g/mol. The summed E-state index contributed by atoms with van der Waals surface area (Å²) < 4.78 is 4.77. The van der Waals surface area contributed by atoms with E-state index in [4.69, 9.17) is 15.4 Å². The lowest BCUT2D eigenvalue weighted by molar-refractivity contribution is -0.154. The minimum absolute atomic E-state index is 0.132. The number of nitriles is 1. The van der Waals surface area contributed by atoms with Gasteiger partial charge in [0.15, 0.2) is 12.4 Å². The van der Waals surface area contributed by atoms with Crippen LogP contribution in [0.15, 0.2) is 0 Å². The molecule has 2 aliphatic rings. The van der Waals surface area contributed by atoms with Gasteiger partial charge in [-0.2, -0.15) is 5.26 Å². The van der Waals surface area contributed by atoms with Crippen LogP contribution in [0.1, 0.15) is 32.6 Å². The zero-order valence-corrected chi connectivity index (χ0v) is 13.4. The van der Waals surface area contributed by atoms with Crippen molar-refractivity contribution in [1.82, 2.24) is 4.90 Å². The van der Waals surface area contributed by atoms with E-state index in [-0.39, 0.29) is 29.4 Å². The van der Waals surface area contributed by atoms with Crippen LogP contribution in [0.2, 0.25) is 0 Å². The van der Waals surface area contributed by atoms with Crippen molar-refractivity contribution in [3.8, 4) is 6.07 Å². The van der Waals surface area contributed by atoms with E-state index in [0.717, 1.165) is 17.7 Å². The third kappa shape index (κ3) is 3.50. The van der Waals surface area contributed by atoms with Crippen molar-refractivity contribution in [3.05, 3.63) is 0 Å². The number of likely N-dealkylation sites (tertiary alicyclic amines) is 1. The monoisotopic (exact) mass is 333 g/mol. The molecule has 2 rings (SSSR count). The van der Waals surface area contributed by atoms with Crippen LogP contribution >= 0.6 is 0 Å². The second-order valence-electron chi connectivity index (χ2n) is 6.13. The number of esters is 1. The lowest BCUT2D eigenvalue weighted by Gasteiger charge is -2.19. The Balaban J connectivity index is 1.90. The lowest BCUT2D eigenvalue weighted by atomic mass is 9.81. The second kappa shape index (κ2) is 7.34. The number of imide groups is 1. The zero-order valence-electron chi connectivity index (χ0n) is 13.4. The summed E-state index contributed by atoms with van der Waals surface area (Å²) >= 11 is 0. The Morgan fingerprint density at radius 3 is 2.29 bits per heavy atom. The Kier molecular flexibility index (Phi) is 5.44. The topological polar surface area (TPSA) is 128 Å². The molecular weight excluding hydrogens is 314 g/mol. The first-order chi connectivity index (χ1) is 11.4. The number of ketones is 1. The van der Waals surface area contributed by atoms with Gasteiger partial charge in [-0.05, 0) is 19.8 Å². The van der Waals surface area contributed by atoms with Gasteiger partial charge in [-0.15, -0.1) is 0 Å². The number of nitrogens with one attached hydrogen (secondary N) is 1. The number of hydrogen-bond acceptors (Lipinski definition) is 7. The molecule has 0 spiro atoms. The molecule has 1 aliphatic carbocycles. The molecule has 1 aliphatic heterocycles. The number of rotatable bonds is 6. The number of amides is 2. The molecule has 1 unspecified atom stereocenters. The van der Waals surface area contributed by atoms with Crippen LogP contribution in [0.5, 0.6) is 0 Å². The van der Waals surface area contributed by atoms with Crippen molar-refractivity contribution in [3.63, 3.8) is 0 Å². The van der Waals surface area contributed by atoms with Gasteiger partial charge in [0.1, 0.15) is 12.5 Å². The SMILES string of the molecule is CC(=N)C(C#N)C(=O)COC(=O)CN1C(=O)[C@@H]2CCCC[C@H]2C1=O. The number of ether oxygens (including phenoxy) is 1. The third-order valence-electron chi connectivity index (χ3n) is 4.48. The number of fused-ring (bicyclic) bond motifs is 1. The fourth-order valence-corrected chi connectivity index (χ4v) is 3.21. The molecule has 1 N–H and O–H groups in total. The van der Waals surface area contributed by atoms with Crippen molar-refractivity contribution in [1.29, 1.82) is 10.7 Å². The predicted octanol–water partition coefficient (Wildman–Crippen LogP) is 0.453. The summed E-state index contributed by atoms with van der Waals surface area (Å²) in [4.78, 5) is 48.9. The quantitative estimate of drug-likeness (QED) is 0.427. The highest BCUT2D eigenvalue weighted by molar-refractivity contribution is 6.08. The minimum Gasteiger partial charge on any atom is -0.456 e. The van der Waals surface area contributed by atoms with Gasteiger partial charge in [0.25, 0.3) is 0 Å². The summed E-state index contributed by atoms with van der Waals surface area (Å²) in [6.45, 7) is 0.145. The van der Waals surface area contributed by atoms with Crippen LogP contribution < -0.4 is 0 Å². The van der Waals surface area contributed by atoms with E-state index in [0.29, 0.717) is 12.8 Å². The molecular formula is C16H19N3O5. The van der Waals surface area contributed by atoms with Gasteiger partial charge >= 0.3 is 5.97 Å². The van der Waals surface area contributed by atoms with Crippen molar-refractivity contribution in [2.45, 2.75) is 32.6 Å². The molecule has 0 aromatic rings. The molecule has 0 aromatic heterocycles. The van der Waals surface area contributed by atoms with Gasteiger partial charge in [-0.3, -0.25) is 24.1 Å². The van der Waals surface area contributed by atoms with Crippen LogP contribution in [0, 0.1) is 34.5 Å². The molecule has 8 nitrogen and oxygen atoms in total. The minimum atomic E-state index is -1.25. The molecule has 1 saturated heterocycles. The molecule has 2 amide bonds. The Hall–Kier alpha value is -2.56. The van der Waals surface area contributed by atoms with Gasteiger partial charge in [-0.25, -0.2) is 0 Å². The summed E-state index contributed by atoms with van der Waals surface area (Å²) in [6, 6.07) is 1.66. The van der Waals surface area contributed by atoms with E-state index in [1.807, 2.05) is 0 Å². The molecule has 3 atom stereocenters. The number of Topliss-reactive ketones (excluding diaryl/α,β-unsaturated/α-hetero) is 1. The smallest absolute Gasteiger partial charge is 0.326 e. The Morgan fingerprint density at radius 2 is 1.83 bits per heavy atom. The van der Waals surface area contributed by atoms with E-state index in [2.05, 4.69) is 0 Å². The first-order valence-corrected chi connectivity index (χ1v) is 7.85. The number of hydrogen-bond donors (Lipinski definition) is 1. The predicted molar refractivity (Wildman–Crippen MR) is 80.6 cm³/mol. The molecule has 0 radical (unpaired) electrons. The molecule has 128 valence electrons. The highest BCUT2D eigenvalue weighted by atomic mass is 16.5. The van der Waals surface area contributed by atoms with Crippen molar-refractivity contribution < 1.29 is 23.9 Å². The van der Waals surface area contributed by atoms with E-state index in [1.54, 1.807) is 6.07 Å². The third-order valence-corrected chi connectivity index (χ3v) is 4.48. The summed E-state index contributed by atoms with van der Waals surface area (Å²) in [5.41, 5.74) is -0.132. The molecule has 0 aromatic carbocycles. The van der Waals surface area contributed by atoms with Crippen molar-refractivity contribution >= 4 is 29.3 Å². The van der Waals surface area contributed by atoms with Gasteiger partial charge in [0, 0.05) is 5.71 Å². The van der Waals surface area contributed by atoms with Crippen LogP contribution in [0.4, 0.5) is 0 Å². The average Bonchev–Trinajstić information content (AvgIpc) is 2.79. The first-order valence-electron chi connectivity index (χ1n) is 7.85. The number of carbonyl (C=O) groups is 4. The lowest BCUT2D eigenvalue weighted by Crippen LogP contribution is -2.37. The van der Waals surface area contributed by atoms with E-state index in [9.17, 15) is 19.2 Å². The summed E-state index contributed by atoms with van der Waals surface area (Å²) in [6.07, 6.45) is 3.10. The fraction of sp³-hybridized carbons (Fsp3) is 0.625. The summed E-state index contributed by atoms with van der Waals surface area (Å²) in [7, 11) is 0. The van der Waals surface area contributed by atoms with Crippen molar-refractivity contribution in [2.24, 2.45) is 17.8 Å². The maximum Gasteiger partial charge on any atom is 0.326 e. The molecule has 2 fully saturated rings. The molecule has 0 bridgehead atoms. The Labute approximate surface area is 139 Å².